The molecule has 454 valence electrons. The summed E-state index contributed by atoms with van der Waals surface area (Å²) in [6, 6.07) is 25.3. The summed E-state index contributed by atoms with van der Waals surface area (Å²) in [5.41, 5.74) is 3.17. The Kier molecular flexibility index (Phi) is 25.8. The van der Waals surface area contributed by atoms with Gasteiger partial charge in [-0.15, -0.1) is 0 Å². The topological polar surface area (TPSA) is 73.8 Å². The molecule has 0 unspecified atom stereocenters. The standard InChI is InChI=1S/C74H104B2O8/c1-13-17-21-25-29-33-49-77-67-47-39-57(53-69(67)79-51-35-31-27-23-19-15-3)37-43-61-63-45-41-60(76-83-73(9,10)74(11,12)84-76)56-66(63)62(64-46-42-59(55-65(61)64)75-81-71(5,6)72(7,8)82-75)44-38-58-40-48-68(78-50-34-30-26-22-18-14-2)70(54-58)80-52-36-32-28-24-20-16-4/h39-42,45-48,53-56H,13-36,49-52H2,1-12H3. The van der Waals surface area contributed by atoms with Gasteiger partial charge in [0.1, 0.15) is 0 Å². The highest BCUT2D eigenvalue weighted by atomic mass is 16.7. The van der Waals surface area contributed by atoms with E-state index in [4.69, 9.17) is 37.6 Å². The van der Waals surface area contributed by atoms with Crippen LogP contribution < -0.4 is 29.9 Å². The summed E-state index contributed by atoms with van der Waals surface area (Å²) in [5, 5.41) is 3.83. The van der Waals surface area contributed by atoms with Gasteiger partial charge in [-0.1, -0.05) is 216 Å². The number of hydrogen-bond acceptors (Lipinski definition) is 8. The molecule has 2 fully saturated rings. The van der Waals surface area contributed by atoms with Gasteiger partial charge in [-0.05, 0) is 150 Å². The zero-order chi connectivity index (χ0) is 60.0. The molecule has 7 rings (SSSR count). The highest BCUT2D eigenvalue weighted by Gasteiger charge is 2.53. The van der Waals surface area contributed by atoms with E-state index in [1.807, 2.05) is 12.1 Å². The maximum Gasteiger partial charge on any atom is 0.494 e. The third kappa shape index (κ3) is 18.5. The van der Waals surface area contributed by atoms with E-state index in [1.54, 1.807) is 0 Å². The molecule has 5 aromatic rings. The summed E-state index contributed by atoms with van der Waals surface area (Å²) >= 11 is 0. The minimum Gasteiger partial charge on any atom is -0.490 e. The SMILES string of the molecule is CCCCCCCCOc1ccc(C#Cc2c3ccc(B4OC(C)(C)C(C)(C)O4)cc3c(C#Cc3ccc(OCCCCCCCC)c(OCCCCCCCC)c3)c3ccc(B4OC(C)(C)C(C)(C)O4)cc23)cc1OCCCCCCCC. The summed E-state index contributed by atoms with van der Waals surface area (Å²) in [6.45, 7) is 28.4. The molecule has 0 bridgehead atoms. The molecule has 0 N–H and O–H groups in total. The molecule has 2 heterocycles. The molecular formula is C74H104B2O8. The van der Waals surface area contributed by atoms with Crippen molar-refractivity contribution in [2.75, 3.05) is 26.4 Å². The molecular weight excluding hydrogens is 1040 g/mol. The van der Waals surface area contributed by atoms with Crippen LogP contribution in [-0.2, 0) is 18.6 Å². The molecule has 0 saturated carbocycles. The monoisotopic (exact) mass is 1140 g/mol. The van der Waals surface area contributed by atoms with Crippen LogP contribution in [0.25, 0.3) is 21.5 Å². The predicted octanol–water partition coefficient (Wildman–Crippen LogP) is 18.3. The van der Waals surface area contributed by atoms with Gasteiger partial charge in [0.25, 0.3) is 0 Å². The van der Waals surface area contributed by atoms with E-state index in [1.165, 1.54) is 103 Å². The molecule has 8 nitrogen and oxygen atoms in total. The fourth-order valence-electron chi connectivity index (χ4n) is 10.9. The predicted molar refractivity (Wildman–Crippen MR) is 353 cm³/mol. The molecule has 0 aliphatic carbocycles. The van der Waals surface area contributed by atoms with Crippen LogP contribution in [0.3, 0.4) is 0 Å². The van der Waals surface area contributed by atoms with Gasteiger partial charge in [-0.2, -0.15) is 0 Å². The Morgan fingerprint density at radius 1 is 0.310 bits per heavy atom. The van der Waals surface area contributed by atoms with E-state index in [0.29, 0.717) is 26.4 Å². The third-order valence-electron chi connectivity index (χ3n) is 17.8. The number of fused-ring (bicyclic) bond motifs is 2. The van der Waals surface area contributed by atoms with Crippen LogP contribution >= 0.6 is 0 Å². The van der Waals surface area contributed by atoms with Gasteiger partial charge in [0.2, 0.25) is 0 Å². The molecule has 0 amide bonds. The fourth-order valence-corrected chi connectivity index (χ4v) is 10.9. The summed E-state index contributed by atoms with van der Waals surface area (Å²) in [5.74, 6) is 17.8. The second-order valence-corrected chi connectivity index (χ2v) is 25.8. The molecule has 84 heavy (non-hydrogen) atoms. The lowest BCUT2D eigenvalue weighted by Crippen LogP contribution is -2.41. The average Bonchev–Trinajstić information content (AvgIpc) is 1.87. The first-order chi connectivity index (χ1) is 40.5. The van der Waals surface area contributed by atoms with Gasteiger partial charge >= 0.3 is 14.2 Å². The Hall–Kier alpha value is -5.09. The normalized spacial score (nSPS) is 15.7. The molecule has 2 aliphatic heterocycles. The van der Waals surface area contributed by atoms with Gasteiger partial charge in [-0.3, -0.25) is 0 Å². The van der Waals surface area contributed by atoms with Gasteiger partial charge < -0.3 is 37.6 Å². The van der Waals surface area contributed by atoms with E-state index < -0.39 is 36.6 Å². The van der Waals surface area contributed by atoms with Crippen molar-refractivity contribution in [3.8, 4) is 46.7 Å². The van der Waals surface area contributed by atoms with Gasteiger partial charge in [0.15, 0.2) is 23.0 Å². The lowest BCUT2D eigenvalue weighted by Gasteiger charge is -2.32. The Bertz CT molecular complexity index is 2760. The second kappa shape index (κ2) is 32.6. The maximum absolute atomic E-state index is 6.71. The Morgan fingerprint density at radius 2 is 0.595 bits per heavy atom. The maximum atomic E-state index is 6.71. The second-order valence-electron chi connectivity index (χ2n) is 25.8. The molecule has 2 saturated heterocycles. The van der Waals surface area contributed by atoms with Crippen LogP contribution in [0.5, 0.6) is 23.0 Å². The lowest BCUT2D eigenvalue weighted by atomic mass is 9.75. The first-order valence-corrected chi connectivity index (χ1v) is 33.1. The van der Waals surface area contributed by atoms with Crippen molar-refractivity contribution in [1.82, 2.24) is 0 Å². The van der Waals surface area contributed by atoms with Gasteiger partial charge in [-0.25, -0.2) is 0 Å². The van der Waals surface area contributed by atoms with E-state index in [9.17, 15) is 0 Å². The number of rotatable bonds is 34. The highest BCUT2D eigenvalue weighted by molar-refractivity contribution is 6.63. The summed E-state index contributed by atoms with van der Waals surface area (Å²) in [7, 11) is -1.16. The first-order valence-electron chi connectivity index (χ1n) is 33.1. The summed E-state index contributed by atoms with van der Waals surface area (Å²) < 4.78 is 52.9. The average molecular weight is 1140 g/mol. The molecule has 2 aliphatic rings. The van der Waals surface area contributed by atoms with Crippen LogP contribution in [0.1, 0.15) is 259 Å². The third-order valence-corrected chi connectivity index (χ3v) is 17.8. The Labute approximate surface area is 509 Å². The van der Waals surface area contributed by atoms with Crippen molar-refractivity contribution in [1.29, 1.82) is 0 Å². The summed E-state index contributed by atoms with van der Waals surface area (Å²) in [6.07, 6.45) is 28.7. The zero-order valence-electron chi connectivity index (χ0n) is 54.1. The summed E-state index contributed by atoms with van der Waals surface area (Å²) in [4.78, 5) is 0. The first kappa shape index (κ1) is 66.4. The zero-order valence-corrected chi connectivity index (χ0v) is 54.1. The fraction of sp³-hybridized carbons (Fsp3) is 0.595. The molecule has 5 aromatic carbocycles. The van der Waals surface area contributed by atoms with Crippen LogP contribution in [0, 0.1) is 23.7 Å². The molecule has 0 spiro atoms. The van der Waals surface area contributed by atoms with Crippen molar-refractivity contribution in [3.63, 3.8) is 0 Å². The number of hydrogen-bond donors (Lipinski definition) is 0. The van der Waals surface area contributed by atoms with Crippen molar-refractivity contribution in [2.24, 2.45) is 0 Å². The van der Waals surface area contributed by atoms with Gasteiger partial charge in [0.05, 0.1) is 48.8 Å². The number of ether oxygens (including phenoxy) is 4. The van der Waals surface area contributed by atoms with Gasteiger partial charge in [0, 0.05) is 22.3 Å². The molecule has 10 heteroatoms. The minimum atomic E-state index is -0.581. The highest BCUT2D eigenvalue weighted by Crippen LogP contribution is 2.40. The molecule has 0 aromatic heterocycles. The van der Waals surface area contributed by atoms with E-state index in [2.05, 4.69) is 167 Å². The van der Waals surface area contributed by atoms with Crippen LogP contribution in [0.4, 0.5) is 0 Å². The molecule has 0 radical (unpaired) electrons. The van der Waals surface area contributed by atoms with Crippen LogP contribution in [0.2, 0.25) is 0 Å². The Balaban J connectivity index is 1.34. The van der Waals surface area contributed by atoms with Crippen molar-refractivity contribution in [3.05, 3.63) is 95.1 Å². The van der Waals surface area contributed by atoms with E-state index in [0.717, 1.165) is 129 Å². The minimum absolute atomic E-state index is 0.523. The van der Waals surface area contributed by atoms with Crippen LogP contribution in [-0.4, -0.2) is 63.1 Å². The van der Waals surface area contributed by atoms with Crippen molar-refractivity contribution < 1.29 is 37.6 Å². The quantitative estimate of drug-likeness (QED) is 0.0175. The smallest absolute Gasteiger partial charge is 0.490 e. The van der Waals surface area contributed by atoms with Crippen molar-refractivity contribution in [2.45, 2.75) is 260 Å². The van der Waals surface area contributed by atoms with E-state index >= 15 is 0 Å². The number of unbranched alkanes of at least 4 members (excludes halogenated alkanes) is 20. The molecule has 0 atom stereocenters. The van der Waals surface area contributed by atoms with Crippen LogP contribution in [0.15, 0.2) is 72.8 Å². The van der Waals surface area contributed by atoms with E-state index in [-0.39, 0.29) is 0 Å². The largest absolute Gasteiger partial charge is 0.494 e. The number of benzene rings is 5. The Morgan fingerprint density at radius 3 is 0.905 bits per heavy atom. The lowest BCUT2D eigenvalue weighted by molar-refractivity contribution is 0.00578. The van der Waals surface area contributed by atoms with Crippen molar-refractivity contribution >= 4 is 46.7 Å².